The van der Waals surface area contributed by atoms with Crippen molar-refractivity contribution in [1.82, 2.24) is 5.16 Å². The van der Waals surface area contributed by atoms with Gasteiger partial charge in [-0.1, -0.05) is 19.0 Å². The number of hydrogen-bond acceptors (Lipinski definition) is 3. The molecule has 1 aromatic rings. The molecule has 0 saturated carbocycles. The van der Waals surface area contributed by atoms with Crippen molar-refractivity contribution in [2.45, 2.75) is 26.7 Å². The van der Waals surface area contributed by atoms with Gasteiger partial charge in [-0.3, -0.25) is 0 Å². The van der Waals surface area contributed by atoms with Crippen LogP contribution < -0.4 is 5.32 Å². The van der Waals surface area contributed by atoms with Gasteiger partial charge in [0.25, 0.3) is 0 Å². The Morgan fingerprint density at radius 2 is 2.09 bits per heavy atom. The summed E-state index contributed by atoms with van der Waals surface area (Å²) in [5.41, 5.74) is 1.95. The number of aromatic nitrogens is 1. The minimum absolute atomic E-state index is 0.388. The zero-order chi connectivity index (χ0) is 8.43. The van der Waals surface area contributed by atoms with Gasteiger partial charge in [0.2, 0.25) is 0 Å². The van der Waals surface area contributed by atoms with Gasteiger partial charge in [0.05, 0.1) is 0 Å². The molecule has 11 heavy (non-hydrogen) atoms. The van der Waals surface area contributed by atoms with Crippen LogP contribution in [0.3, 0.4) is 0 Å². The number of anilines is 1. The molecule has 3 nitrogen and oxygen atoms in total. The van der Waals surface area contributed by atoms with E-state index in [0.29, 0.717) is 5.92 Å². The highest BCUT2D eigenvalue weighted by atomic mass is 16.5. The topological polar surface area (TPSA) is 38.1 Å². The summed E-state index contributed by atoms with van der Waals surface area (Å²) in [5, 5.41) is 6.94. The summed E-state index contributed by atoms with van der Waals surface area (Å²) < 4.78 is 5.14. The van der Waals surface area contributed by atoms with Gasteiger partial charge in [0.1, 0.15) is 11.4 Å². The molecule has 0 radical (unpaired) electrons. The first-order valence-electron chi connectivity index (χ1n) is 3.80. The van der Waals surface area contributed by atoms with Crippen molar-refractivity contribution in [1.29, 1.82) is 0 Å². The molecule has 0 unspecified atom stereocenters. The fraction of sp³-hybridized carbons (Fsp3) is 0.625. The summed E-state index contributed by atoms with van der Waals surface area (Å²) >= 11 is 0. The lowest BCUT2D eigenvalue weighted by molar-refractivity contribution is 0.368. The van der Waals surface area contributed by atoms with Crippen molar-refractivity contribution >= 4 is 5.69 Å². The molecule has 0 atom stereocenters. The number of rotatable bonds is 2. The molecule has 0 amide bonds. The summed E-state index contributed by atoms with van der Waals surface area (Å²) in [6.45, 7) is 6.10. The maximum absolute atomic E-state index is 5.14. The van der Waals surface area contributed by atoms with Crippen LogP contribution in [0.25, 0.3) is 0 Å². The standard InChI is InChI=1S/C8H14N2O/c1-5(2)8-7(9-4)6(3)10-11-8/h5,9H,1-4H3. The first kappa shape index (κ1) is 8.11. The average molecular weight is 154 g/mol. The SMILES string of the molecule is CNc1c(C)noc1C(C)C. The Hall–Kier alpha value is -0.990. The number of aryl methyl sites for hydroxylation is 1. The highest BCUT2D eigenvalue weighted by molar-refractivity contribution is 5.50. The fourth-order valence-corrected chi connectivity index (χ4v) is 1.09. The Morgan fingerprint density at radius 3 is 2.45 bits per heavy atom. The van der Waals surface area contributed by atoms with E-state index in [0.717, 1.165) is 17.1 Å². The predicted octanol–water partition coefficient (Wildman–Crippen LogP) is 2.15. The molecule has 62 valence electrons. The molecule has 0 aliphatic heterocycles. The van der Waals surface area contributed by atoms with Crippen molar-refractivity contribution in [3.63, 3.8) is 0 Å². The smallest absolute Gasteiger partial charge is 0.162 e. The molecule has 0 aliphatic carbocycles. The maximum atomic E-state index is 5.14. The maximum Gasteiger partial charge on any atom is 0.162 e. The Balaban J connectivity index is 3.05. The summed E-state index contributed by atoms with van der Waals surface area (Å²) in [5.74, 6) is 1.32. The van der Waals surface area contributed by atoms with Gasteiger partial charge in [0, 0.05) is 13.0 Å². The summed E-state index contributed by atoms with van der Waals surface area (Å²) in [6.07, 6.45) is 0. The van der Waals surface area contributed by atoms with Crippen molar-refractivity contribution in [3.05, 3.63) is 11.5 Å². The molecule has 3 heteroatoms. The normalized spacial score (nSPS) is 10.6. The monoisotopic (exact) mass is 154 g/mol. The van der Waals surface area contributed by atoms with Crippen LogP contribution in [-0.4, -0.2) is 12.2 Å². The number of nitrogens with one attached hydrogen (secondary N) is 1. The largest absolute Gasteiger partial charge is 0.384 e. The van der Waals surface area contributed by atoms with E-state index in [9.17, 15) is 0 Å². The van der Waals surface area contributed by atoms with Crippen LogP contribution in [-0.2, 0) is 0 Å². The van der Waals surface area contributed by atoms with E-state index in [1.807, 2.05) is 14.0 Å². The summed E-state index contributed by atoms with van der Waals surface area (Å²) in [6, 6.07) is 0. The zero-order valence-corrected chi connectivity index (χ0v) is 7.43. The Labute approximate surface area is 66.8 Å². The lowest BCUT2D eigenvalue weighted by atomic mass is 10.1. The van der Waals surface area contributed by atoms with E-state index in [-0.39, 0.29) is 0 Å². The van der Waals surface area contributed by atoms with E-state index in [1.54, 1.807) is 0 Å². The molecule has 0 fully saturated rings. The molecule has 0 saturated heterocycles. The van der Waals surface area contributed by atoms with E-state index >= 15 is 0 Å². The van der Waals surface area contributed by atoms with Gasteiger partial charge in [-0.15, -0.1) is 0 Å². The van der Waals surface area contributed by atoms with Crippen LogP contribution >= 0.6 is 0 Å². The molecule has 1 aromatic heterocycles. The van der Waals surface area contributed by atoms with Gasteiger partial charge in [-0.05, 0) is 6.92 Å². The van der Waals surface area contributed by atoms with Gasteiger partial charge in [-0.25, -0.2) is 0 Å². The molecule has 0 bridgehead atoms. The molecule has 1 rings (SSSR count). The third kappa shape index (κ3) is 1.37. The fourth-order valence-electron chi connectivity index (χ4n) is 1.09. The second-order valence-corrected chi connectivity index (χ2v) is 2.91. The van der Waals surface area contributed by atoms with Crippen LogP contribution in [0.1, 0.15) is 31.2 Å². The summed E-state index contributed by atoms with van der Waals surface area (Å²) in [4.78, 5) is 0. The van der Waals surface area contributed by atoms with E-state index in [2.05, 4.69) is 24.3 Å². The zero-order valence-electron chi connectivity index (χ0n) is 7.43. The van der Waals surface area contributed by atoms with Gasteiger partial charge < -0.3 is 9.84 Å². The highest BCUT2D eigenvalue weighted by Crippen LogP contribution is 2.26. The summed E-state index contributed by atoms with van der Waals surface area (Å²) in [7, 11) is 1.88. The molecular formula is C8H14N2O. The van der Waals surface area contributed by atoms with Crippen LogP contribution in [0.5, 0.6) is 0 Å². The molecule has 1 heterocycles. The lowest BCUT2D eigenvalue weighted by Crippen LogP contribution is -1.94. The second-order valence-electron chi connectivity index (χ2n) is 2.91. The highest BCUT2D eigenvalue weighted by Gasteiger charge is 2.13. The van der Waals surface area contributed by atoms with E-state index in [1.165, 1.54) is 0 Å². The molecule has 0 spiro atoms. The van der Waals surface area contributed by atoms with Crippen molar-refractivity contribution in [3.8, 4) is 0 Å². The second kappa shape index (κ2) is 2.95. The molecular weight excluding hydrogens is 140 g/mol. The van der Waals surface area contributed by atoms with E-state index in [4.69, 9.17) is 4.52 Å². The quantitative estimate of drug-likeness (QED) is 0.709. The third-order valence-corrected chi connectivity index (χ3v) is 1.66. The van der Waals surface area contributed by atoms with Crippen molar-refractivity contribution in [2.24, 2.45) is 0 Å². The van der Waals surface area contributed by atoms with Gasteiger partial charge in [0.15, 0.2) is 5.76 Å². The van der Waals surface area contributed by atoms with Crippen LogP contribution in [0, 0.1) is 6.92 Å². The minimum atomic E-state index is 0.388. The van der Waals surface area contributed by atoms with Crippen molar-refractivity contribution < 1.29 is 4.52 Å². The van der Waals surface area contributed by atoms with Crippen LogP contribution in [0.15, 0.2) is 4.52 Å². The van der Waals surface area contributed by atoms with Gasteiger partial charge >= 0.3 is 0 Å². The first-order chi connectivity index (χ1) is 5.16. The Bertz CT molecular complexity index is 240. The lowest BCUT2D eigenvalue weighted by Gasteiger charge is -2.02. The minimum Gasteiger partial charge on any atom is -0.384 e. The number of hydrogen-bond donors (Lipinski definition) is 1. The number of nitrogens with zero attached hydrogens (tertiary/aromatic N) is 1. The third-order valence-electron chi connectivity index (χ3n) is 1.66. The molecule has 0 aromatic carbocycles. The van der Waals surface area contributed by atoms with Crippen molar-refractivity contribution in [2.75, 3.05) is 12.4 Å². The van der Waals surface area contributed by atoms with E-state index < -0.39 is 0 Å². The molecule has 1 N–H and O–H groups in total. The Morgan fingerprint density at radius 1 is 1.45 bits per heavy atom. The first-order valence-corrected chi connectivity index (χ1v) is 3.80. The van der Waals surface area contributed by atoms with Crippen LogP contribution in [0.4, 0.5) is 5.69 Å². The Kier molecular flexibility index (Phi) is 2.17. The predicted molar refractivity (Wildman–Crippen MR) is 44.9 cm³/mol. The van der Waals surface area contributed by atoms with Gasteiger partial charge in [-0.2, -0.15) is 0 Å². The average Bonchev–Trinajstić information content (AvgIpc) is 2.30. The van der Waals surface area contributed by atoms with Crippen LogP contribution in [0.2, 0.25) is 0 Å². The molecule has 0 aliphatic rings.